The molecule has 0 heterocycles. The highest BCUT2D eigenvalue weighted by Crippen LogP contribution is 2.32. The molecule has 0 aromatic heterocycles. The van der Waals surface area contributed by atoms with Crippen molar-refractivity contribution in [1.82, 2.24) is 4.90 Å². The summed E-state index contributed by atoms with van der Waals surface area (Å²) in [4.78, 5) is 2.35. The summed E-state index contributed by atoms with van der Waals surface area (Å²) in [5.74, 6) is 0.715. The first kappa shape index (κ1) is 9.72. The van der Waals surface area contributed by atoms with Gasteiger partial charge in [-0.25, -0.2) is 0 Å². The summed E-state index contributed by atoms with van der Waals surface area (Å²) in [5.41, 5.74) is 3.11. The zero-order valence-corrected chi connectivity index (χ0v) is 9.33. The van der Waals surface area contributed by atoms with Crippen molar-refractivity contribution in [3.8, 4) is 0 Å². The van der Waals surface area contributed by atoms with E-state index < -0.39 is 0 Å². The molecule has 2 unspecified atom stereocenters. The van der Waals surface area contributed by atoms with Crippen molar-refractivity contribution in [3.05, 3.63) is 35.4 Å². The highest BCUT2D eigenvalue weighted by Gasteiger charge is 2.24. The van der Waals surface area contributed by atoms with Gasteiger partial charge in [-0.1, -0.05) is 31.2 Å². The first-order chi connectivity index (χ1) is 6.68. The maximum atomic E-state index is 2.35. The molecule has 0 spiro atoms. The van der Waals surface area contributed by atoms with Crippen LogP contribution in [0.5, 0.6) is 0 Å². The van der Waals surface area contributed by atoms with Crippen LogP contribution in [0, 0.1) is 0 Å². The Balaban J connectivity index is 2.29. The van der Waals surface area contributed by atoms with Gasteiger partial charge in [-0.05, 0) is 44.0 Å². The van der Waals surface area contributed by atoms with Gasteiger partial charge >= 0.3 is 0 Å². The monoisotopic (exact) mass is 189 g/mol. The third-order valence-electron chi connectivity index (χ3n) is 3.40. The minimum absolute atomic E-state index is 0.715. The van der Waals surface area contributed by atoms with Gasteiger partial charge < -0.3 is 4.90 Å². The van der Waals surface area contributed by atoms with Gasteiger partial charge in [-0.15, -0.1) is 0 Å². The number of hydrogen-bond donors (Lipinski definition) is 0. The molecular formula is C13H19N. The molecule has 1 aromatic carbocycles. The second-order valence-corrected chi connectivity index (χ2v) is 4.66. The lowest BCUT2D eigenvalue weighted by molar-refractivity contribution is 0.254. The SMILES string of the molecule is CC1CC(N(C)C)Cc2ccccc21. The van der Waals surface area contributed by atoms with Gasteiger partial charge in [0.2, 0.25) is 0 Å². The van der Waals surface area contributed by atoms with Crippen molar-refractivity contribution >= 4 is 0 Å². The van der Waals surface area contributed by atoms with Crippen molar-refractivity contribution in [2.24, 2.45) is 0 Å². The predicted octanol–water partition coefficient (Wildman–Crippen LogP) is 2.67. The van der Waals surface area contributed by atoms with E-state index in [1.807, 2.05) is 0 Å². The Morgan fingerprint density at radius 2 is 1.93 bits per heavy atom. The second-order valence-electron chi connectivity index (χ2n) is 4.66. The van der Waals surface area contributed by atoms with Gasteiger partial charge in [0.05, 0.1) is 0 Å². The summed E-state index contributed by atoms with van der Waals surface area (Å²) < 4.78 is 0. The van der Waals surface area contributed by atoms with Crippen LogP contribution >= 0.6 is 0 Å². The largest absolute Gasteiger partial charge is 0.306 e. The molecule has 1 aromatic rings. The quantitative estimate of drug-likeness (QED) is 0.656. The molecule has 1 heteroatoms. The van der Waals surface area contributed by atoms with Crippen molar-refractivity contribution in [2.75, 3.05) is 14.1 Å². The van der Waals surface area contributed by atoms with Crippen LogP contribution in [0.25, 0.3) is 0 Å². The van der Waals surface area contributed by atoms with Gasteiger partial charge in [0.25, 0.3) is 0 Å². The molecule has 1 aliphatic rings. The number of nitrogens with zero attached hydrogens (tertiary/aromatic N) is 1. The number of hydrogen-bond acceptors (Lipinski definition) is 1. The normalized spacial score (nSPS) is 26.3. The topological polar surface area (TPSA) is 3.24 Å². The van der Waals surface area contributed by atoms with Crippen LogP contribution in [-0.4, -0.2) is 25.0 Å². The van der Waals surface area contributed by atoms with Crippen molar-refractivity contribution < 1.29 is 0 Å². The second kappa shape index (κ2) is 3.74. The molecule has 0 N–H and O–H groups in total. The standard InChI is InChI=1S/C13H19N/c1-10-8-12(14(2)3)9-11-6-4-5-7-13(10)11/h4-7,10,12H,8-9H2,1-3H3. The van der Waals surface area contributed by atoms with Crippen molar-refractivity contribution in [1.29, 1.82) is 0 Å². The average Bonchev–Trinajstić information content (AvgIpc) is 2.17. The predicted molar refractivity (Wildman–Crippen MR) is 60.7 cm³/mol. The van der Waals surface area contributed by atoms with Crippen LogP contribution in [0.2, 0.25) is 0 Å². The summed E-state index contributed by atoms with van der Waals surface area (Å²) in [5, 5.41) is 0. The molecule has 0 amide bonds. The van der Waals surface area contributed by atoms with Crippen molar-refractivity contribution in [2.45, 2.75) is 31.7 Å². The third-order valence-corrected chi connectivity index (χ3v) is 3.40. The van der Waals surface area contributed by atoms with Crippen LogP contribution in [0.15, 0.2) is 24.3 Å². The van der Waals surface area contributed by atoms with Gasteiger partial charge in [0, 0.05) is 6.04 Å². The zero-order valence-electron chi connectivity index (χ0n) is 9.33. The fourth-order valence-corrected chi connectivity index (χ4v) is 2.47. The van der Waals surface area contributed by atoms with Gasteiger partial charge in [0.15, 0.2) is 0 Å². The first-order valence-corrected chi connectivity index (χ1v) is 5.42. The number of likely N-dealkylation sites (N-methyl/N-ethyl adjacent to an activating group) is 1. The lowest BCUT2D eigenvalue weighted by atomic mass is 9.81. The summed E-state index contributed by atoms with van der Waals surface area (Å²) in [7, 11) is 4.37. The smallest absolute Gasteiger partial charge is 0.0135 e. The van der Waals surface area contributed by atoms with E-state index in [2.05, 4.69) is 50.2 Å². The van der Waals surface area contributed by atoms with Crippen molar-refractivity contribution in [3.63, 3.8) is 0 Å². The molecule has 2 rings (SSSR count). The fraction of sp³-hybridized carbons (Fsp3) is 0.538. The molecule has 0 aliphatic heterocycles. The van der Waals surface area contributed by atoms with E-state index in [1.165, 1.54) is 12.8 Å². The van der Waals surface area contributed by atoms with Crippen LogP contribution in [0.1, 0.15) is 30.4 Å². The zero-order chi connectivity index (χ0) is 10.1. The van der Waals surface area contributed by atoms with E-state index in [0.717, 1.165) is 6.04 Å². The summed E-state index contributed by atoms with van der Waals surface area (Å²) in [6, 6.07) is 9.60. The van der Waals surface area contributed by atoms with Gasteiger partial charge in [-0.2, -0.15) is 0 Å². The molecule has 1 aliphatic carbocycles. The molecule has 0 radical (unpaired) electrons. The first-order valence-electron chi connectivity index (χ1n) is 5.42. The molecule has 14 heavy (non-hydrogen) atoms. The minimum atomic E-state index is 0.715. The molecule has 0 saturated heterocycles. The average molecular weight is 189 g/mol. The maximum Gasteiger partial charge on any atom is 0.0135 e. The van der Waals surface area contributed by atoms with Gasteiger partial charge in [-0.3, -0.25) is 0 Å². The Hall–Kier alpha value is -0.820. The Morgan fingerprint density at radius 3 is 2.64 bits per heavy atom. The van der Waals surface area contributed by atoms with E-state index in [4.69, 9.17) is 0 Å². The van der Waals surface area contributed by atoms with Gasteiger partial charge in [0.1, 0.15) is 0 Å². The molecule has 0 bridgehead atoms. The third kappa shape index (κ3) is 1.69. The van der Waals surface area contributed by atoms with Crippen LogP contribution in [0.3, 0.4) is 0 Å². The number of benzene rings is 1. The Morgan fingerprint density at radius 1 is 1.21 bits per heavy atom. The highest BCUT2D eigenvalue weighted by molar-refractivity contribution is 5.33. The highest BCUT2D eigenvalue weighted by atomic mass is 15.1. The van der Waals surface area contributed by atoms with E-state index in [9.17, 15) is 0 Å². The molecule has 76 valence electrons. The minimum Gasteiger partial charge on any atom is -0.306 e. The van der Waals surface area contributed by atoms with E-state index in [1.54, 1.807) is 11.1 Å². The van der Waals surface area contributed by atoms with E-state index in [-0.39, 0.29) is 0 Å². The van der Waals surface area contributed by atoms with Crippen LogP contribution in [0.4, 0.5) is 0 Å². The van der Waals surface area contributed by atoms with E-state index in [0.29, 0.717) is 5.92 Å². The maximum absolute atomic E-state index is 2.35. The van der Waals surface area contributed by atoms with E-state index >= 15 is 0 Å². The number of fused-ring (bicyclic) bond motifs is 1. The Bertz CT molecular complexity index is 317. The molecule has 0 fully saturated rings. The Labute approximate surface area is 86.7 Å². The number of rotatable bonds is 1. The Kier molecular flexibility index (Phi) is 2.60. The molecule has 0 saturated carbocycles. The van der Waals surface area contributed by atoms with Crippen LogP contribution < -0.4 is 0 Å². The van der Waals surface area contributed by atoms with Crippen LogP contribution in [-0.2, 0) is 6.42 Å². The molecule has 1 nitrogen and oxygen atoms in total. The summed E-state index contributed by atoms with van der Waals surface area (Å²) >= 11 is 0. The summed E-state index contributed by atoms with van der Waals surface area (Å²) in [6.07, 6.45) is 2.51. The summed E-state index contributed by atoms with van der Waals surface area (Å²) in [6.45, 7) is 2.34. The lowest BCUT2D eigenvalue weighted by Crippen LogP contribution is -2.34. The fourth-order valence-electron chi connectivity index (χ4n) is 2.47. The lowest BCUT2D eigenvalue weighted by Gasteiger charge is -2.33. The molecule has 2 atom stereocenters. The molecular weight excluding hydrogens is 170 g/mol.